The fraction of sp³-hybridized carbons (Fsp3) is 0.600. The Kier molecular flexibility index (Phi) is 5.52. The van der Waals surface area contributed by atoms with Crippen LogP contribution in [0.1, 0.15) is 25.3 Å². The standard InChI is InChI=1S/C15H23FN2S/c1-2-14(17)11-12-10-13(16)4-5-15(12)18-6-3-8-19-9-7-18/h4-5,10,14H,2-3,6-9,11,17H2,1H3. The van der Waals surface area contributed by atoms with Crippen molar-refractivity contribution < 1.29 is 4.39 Å². The van der Waals surface area contributed by atoms with E-state index < -0.39 is 0 Å². The predicted octanol–water partition coefficient (Wildman–Crippen LogP) is 3.05. The monoisotopic (exact) mass is 282 g/mol. The van der Waals surface area contributed by atoms with Crippen LogP contribution >= 0.6 is 11.8 Å². The normalized spacial score (nSPS) is 18.2. The van der Waals surface area contributed by atoms with Gasteiger partial charge in [-0.3, -0.25) is 0 Å². The summed E-state index contributed by atoms with van der Waals surface area (Å²) in [4.78, 5) is 2.39. The van der Waals surface area contributed by atoms with E-state index in [4.69, 9.17) is 5.73 Å². The number of anilines is 1. The molecule has 0 radical (unpaired) electrons. The summed E-state index contributed by atoms with van der Waals surface area (Å²) in [6.45, 7) is 4.18. The highest BCUT2D eigenvalue weighted by molar-refractivity contribution is 7.99. The van der Waals surface area contributed by atoms with Crippen molar-refractivity contribution in [3.63, 3.8) is 0 Å². The summed E-state index contributed by atoms with van der Waals surface area (Å²) in [5.74, 6) is 2.21. The van der Waals surface area contributed by atoms with Gasteiger partial charge in [-0.25, -0.2) is 4.39 Å². The number of halogens is 1. The quantitative estimate of drug-likeness (QED) is 0.920. The van der Waals surface area contributed by atoms with E-state index in [0.29, 0.717) is 0 Å². The van der Waals surface area contributed by atoms with Gasteiger partial charge in [-0.1, -0.05) is 6.92 Å². The molecule has 0 aromatic heterocycles. The molecule has 0 aliphatic carbocycles. The second-order valence-corrected chi connectivity index (χ2v) is 6.32. The lowest BCUT2D eigenvalue weighted by atomic mass is 10.0. The van der Waals surface area contributed by atoms with Crippen LogP contribution in [0, 0.1) is 5.82 Å². The Morgan fingerprint density at radius 2 is 2.21 bits per heavy atom. The molecule has 2 nitrogen and oxygen atoms in total. The van der Waals surface area contributed by atoms with Crippen molar-refractivity contribution in [2.75, 3.05) is 29.5 Å². The Hall–Kier alpha value is -0.740. The first-order valence-corrected chi connectivity index (χ1v) is 8.23. The number of benzene rings is 1. The molecule has 1 aliphatic rings. The molecular weight excluding hydrogens is 259 g/mol. The zero-order valence-corrected chi connectivity index (χ0v) is 12.4. The van der Waals surface area contributed by atoms with Crippen LogP contribution in [0.5, 0.6) is 0 Å². The zero-order valence-electron chi connectivity index (χ0n) is 11.6. The molecule has 2 rings (SSSR count). The minimum Gasteiger partial charge on any atom is -0.370 e. The number of thioether (sulfide) groups is 1. The summed E-state index contributed by atoms with van der Waals surface area (Å²) in [5, 5.41) is 0. The molecule has 1 unspecified atom stereocenters. The van der Waals surface area contributed by atoms with Crippen LogP contribution in [0.15, 0.2) is 18.2 Å². The average Bonchev–Trinajstić information content (AvgIpc) is 2.67. The largest absolute Gasteiger partial charge is 0.370 e. The van der Waals surface area contributed by atoms with Crippen molar-refractivity contribution >= 4 is 17.4 Å². The molecule has 2 N–H and O–H groups in total. The van der Waals surface area contributed by atoms with Crippen molar-refractivity contribution in [3.05, 3.63) is 29.6 Å². The second-order valence-electron chi connectivity index (χ2n) is 5.10. The first-order chi connectivity index (χ1) is 9.20. The highest BCUT2D eigenvalue weighted by Gasteiger charge is 2.15. The Labute approximate surface area is 119 Å². The lowest BCUT2D eigenvalue weighted by molar-refractivity contribution is 0.613. The third-order valence-electron chi connectivity index (χ3n) is 3.61. The number of nitrogens with two attached hydrogens (primary N) is 1. The molecule has 1 saturated heterocycles. The van der Waals surface area contributed by atoms with Gasteiger partial charge < -0.3 is 10.6 Å². The molecule has 1 heterocycles. The summed E-state index contributed by atoms with van der Waals surface area (Å²) in [7, 11) is 0. The Bertz CT molecular complexity index is 403. The van der Waals surface area contributed by atoms with Crippen molar-refractivity contribution in [1.82, 2.24) is 0 Å². The first-order valence-electron chi connectivity index (χ1n) is 7.07. The van der Waals surface area contributed by atoms with Crippen LogP contribution in [0.2, 0.25) is 0 Å². The van der Waals surface area contributed by atoms with Gasteiger partial charge in [0.1, 0.15) is 5.82 Å². The van der Waals surface area contributed by atoms with Crippen LogP contribution in [-0.2, 0) is 6.42 Å². The average molecular weight is 282 g/mol. The molecule has 0 bridgehead atoms. The van der Waals surface area contributed by atoms with E-state index in [0.717, 1.165) is 37.2 Å². The van der Waals surface area contributed by atoms with Gasteiger partial charge in [-0.15, -0.1) is 0 Å². The highest BCUT2D eigenvalue weighted by atomic mass is 32.2. The number of hydrogen-bond acceptors (Lipinski definition) is 3. The summed E-state index contributed by atoms with van der Waals surface area (Å²) < 4.78 is 13.5. The molecule has 0 saturated carbocycles. The van der Waals surface area contributed by atoms with E-state index in [1.807, 2.05) is 17.8 Å². The SMILES string of the molecule is CCC(N)Cc1cc(F)ccc1N1CCCSCC1. The van der Waals surface area contributed by atoms with Crippen LogP contribution < -0.4 is 10.6 Å². The minimum atomic E-state index is -0.161. The molecule has 19 heavy (non-hydrogen) atoms. The molecule has 1 aromatic rings. The number of hydrogen-bond donors (Lipinski definition) is 1. The predicted molar refractivity (Wildman–Crippen MR) is 82.5 cm³/mol. The van der Waals surface area contributed by atoms with Gasteiger partial charge >= 0.3 is 0 Å². The summed E-state index contributed by atoms with van der Waals surface area (Å²) in [6, 6.07) is 5.25. The molecule has 1 fully saturated rings. The van der Waals surface area contributed by atoms with Crippen molar-refractivity contribution in [3.8, 4) is 0 Å². The van der Waals surface area contributed by atoms with Crippen LogP contribution in [-0.4, -0.2) is 30.6 Å². The van der Waals surface area contributed by atoms with E-state index in [1.54, 1.807) is 12.1 Å². The van der Waals surface area contributed by atoms with E-state index in [2.05, 4.69) is 11.8 Å². The van der Waals surface area contributed by atoms with Crippen LogP contribution in [0.3, 0.4) is 0 Å². The summed E-state index contributed by atoms with van der Waals surface area (Å²) in [5.41, 5.74) is 8.27. The molecule has 0 amide bonds. The van der Waals surface area contributed by atoms with Gasteiger partial charge in [0, 0.05) is 30.6 Å². The smallest absolute Gasteiger partial charge is 0.123 e. The van der Waals surface area contributed by atoms with Gasteiger partial charge in [-0.2, -0.15) is 11.8 Å². The van der Waals surface area contributed by atoms with Crippen LogP contribution in [0.4, 0.5) is 10.1 Å². The van der Waals surface area contributed by atoms with Crippen molar-refractivity contribution in [1.29, 1.82) is 0 Å². The second kappa shape index (κ2) is 7.15. The van der Waals surface area contributed by atoms with Crippen molar-refractivity contribution in [2.24, 2.45) is 5.73 Å². The van der Waals surface area contributed by atoms with E-state index in [1.165, 1.54) is 17.9 Å². The third-order valence-corrected chi connectivity index (χ3v) is 4.66. The third kappa shape index (κ3) is 4.11. The molecule has 1 aromatic carbocycles. The fourth-order valence-corrected chi connectivity index (χ4v) is 3.33. The maximum absolute atomic E-state index is 13.5. The minimum absolute atomic E-state index is 0.113. The molecule has 0 spiro atoms. The van der Waals surface area contributed by atoms with E-state index >= 15 is 0 Å². The van der Waals surface area contributed by atoms with Gasteiger partial charge in [0.2, 0.25) is 0 Å². The maximum atomic E-state index is 13.5. The molecular formula is C15H23FN2S. The maximum Gasteiger partial charge on any atom is 0.123 e. The lowest BCUT2D eigenvalue weighted by Gasteiger charge is -2.26. The summed E-state index contributed by atoms with van der Waals surface area (Å²) in [6.07, 6.45) is 2.88. The number of rotatable bonds is 4. The molecule has 106 valence electrons. The van der Waals surface area contributed by atoms with Crippen LogP contribution in [0.25, 0.3) is 0 Å². The van der Waals surface area contributed by atoms with E-state index in [-0.39, 0.29) is 11.9 Å². The number of nitrogens with zero attached hydrogens (tertiary/aromatic N) is 1. The van der Waals surface area contributed by atoms with Gasteiger partial charge in [-0.05, 0) is 48.8 Å². The Morgan fingerprint density at radius 3 is 3.00 bits per heavy atom. The van der Waals surface area contributed by atoms with Gasteiger partial charge in [0.15, 0.2) is 0 Å². The van der Waals surface area contributed by atoms with E-state index in [9.17, 15) is 4.39 Å². The summed E-state index contributed by atoms with van der Waals surface area (Å²) >= 11 is 2.00. The zero-order chi connectivity index (χ0) is 13.7. The van der Waals surface area contributed by atoms with Gasteiger partial charge in [0.25, 0.3) is 0 Å². The topological polar surface area (TPSA) is 29.3 Å². The van der Waals surface area contributed by atoms with Gasteiger partial charge in [0.05, 0.1) is 0 Å². The molecule has 1 atom stereocenters. The lowest BCUT2D eigenvalue weighted by Crippen LogP contribution is -2.28. The Balaban J connectivity index is 2.21. The Morgan fingerprint density at radius 1 is 1.37 bits per heavy atom. The molecule has 1 aliphatic heterocycles. The molecule has 4 heteroatoms. The highest BCUT2D eigenvalue weighted by Crippen LogP contribution is 2.25. The first kappa shape index (κ1) is 14.7. The van der Waals surface area contributed by atoms with Crippen molar-refractivity contribution in [2.45, 2.75) is 32.2 Å². The fourth-order valence-electron chi connectivity index (χ4n) is 2.44.